The molecule has 5 heteroatoms. The summed E-state index contributed by atoms with van der Waals surface area (Å²) in [5.41, 5.74) is 2.45. The molecule has 22 heavy (non-hydrogen) atoms. The molecule has 0 saturated carbocycles. The van der Waals surface area contributed by atoms with Gasteiger partial charge >= 0.3 is 0 Å². The van der Waals surface area contributed by atoms with Crippen molar-refractivity contribution >= 4 is 17.3 Å². The zero-order chi connectivity index (χ0) is 15.4. The molecule has 0 saturated heterocycles. The number of benzene rings is 2. The van der Waals surface area contributed by atoms with Crippen LogP contribution in [0.15, 0.2) is 59.8 Å². The lowest BCUT2D eigenvalue weighted by molar-refractivity contribution is -0.118. The molecular weight excluding hydrogens is 280 g/mol. The van der Waals surface area contributed by atoms with Crippen molar-refractivity contribution in [3.8, 4) is 5.75 Å². The van der Waals surface area contributed by atoms with Crippen molar-refractivity contribution in [3.05, 3.63) is 60.2 Å². The normalized spacial score (nSPS) is 16.7. The van der Waals surface area contributed by atoms with Crippen LogP contribution in [0.5, 0.6) is 5.75 Å². The number of hydrogen-bond acceptors (Lipinski definition) is 4. The second kappa shape index (κ2) is 6.30. The minimum atomic E-state index is -0.257. The number of anilines is 1. The highest BCUT2D eigenvalue weighted by atomic mass is 16.6. The number of aromatic hydroxyl groups is 1. The number of nitrogens with zero attached hydrogens (tertiary/aromatic N) is 1. The highest BCUT2D eigenvalue weighted by Crippen LogP contribution is 2.21. The average molecular weight is 296 g/mol. The van der Waals surface area contributed by atoms with E-state index in [1.54, 1.807) is 24.3 Å². The summed E-state index contributed by atoms with van der Waals surface area (Å²) in [6.45, 7) is 0. The molecule has 1 aliphatic heterocycles. The van der Waals surface area contributed by atoms with Gasteiger partial charge in [-0.15, -0.1) is 0 Å². The Morgan fingerprint density at radius 1 is 1.18 bits per heavy atom. The van der Waals surface area contributed by atoms with Crippen LogP contribution in [-0.2, 0) is 9.63 Å². The number of carbonyl (C=O) groups is 1. The highest BCUT2D eigenvalue weighted by molar-refractivity contribution is 6.02. The summed E-state index contributed by atoms with van der Waals surface area (Å²) in [6, 6.07) is 16.1. The van der Waals surface area contributed by atoms with Crippen LogP contribution >= 0.6 is 0 Å². The molecule has 0 aromatic heterocycles. The van der Waals surface area contributed by atoms with Crippen LogP contribution in [0.3, 0.4) is 0 Å². The largest absolute Gasteiger partial charge is 0.508 e. The molecule has 2 N–H and O–H groups in total. The fraction of sp³-hybridized carbons (Fsp3) is 0.176. The van der Waals surface area contributed by atoms with Crippen LogP contribution in [0.4, 0.5) is 5.69 Å². The first-order valence-corrected chi connectivity index (χ1v) is 7.08. The van der Waals surface area contributed by atoms with Crippen LogP contribution in [0.1, 0.15) is 18.4 Å². The maximum atomic E-state index is 12.0. The molecule has 1 amide bonds. The molecule has 1 atom stereocenters. The van der Waals surface area contributed by atoms with E-state index in [4.69, 9.17) is 4.84 Å². The number of amides is 1. The third-order valence-corrected chi connectivity index (χ3v) is 3.40. The van der Waals surface area contributed by atoms with Crippen molar-refractivity contribution in [2.24, 2.45) is 5.16 Å². The van der Waals surface area contributed by atoms with Crippen molar-refractivity contribution < 1.29 is 14.7 Å². The SMILES string of the molecule is O=C(CC1CC(c2ccc(O)cc2)=NO1)Nc1ccccc1. The predicted octanol–water partition coefficient (Wildman–Crippen LogP) is 2.91. The molecule has 0 radical (unpaired) electrons. The Balaban J connectivity index is 1.54. The number of phenolic OH excluding ortho intramolecular Hbond substituents is 1. The second-order valence-electron chi connectivity index (χ2n) is 5.13. The third kappa shape index (κ3) is 3.44. The van der Waals surface area contributed by atoms with E-state index in [1.807, 2.05) is 30.3 Å². The zero-order valence-electron chi connectivity index (χ0n) is 11.9. The Bertz CT molecular complexity index is 681. The molecule has 0 bridgehead atoms. The van der Waals surface area contributed by atoms with Crippen molar-refractivity contribution in [3.63, 3.8) is 0 Å². The van der Waals surface area contributed by atoms with Crippen molar-refractivity contribution in [1.82, 2.24) is 0 Å². The molecule has 2 aromatic rings. The summed E-state index contributed by atoms with van der Waals surface area (Å²) in [4.78, 5) is 17.3. The Labute approximate surface area is 128 Å². The van der Waals surface area contributed by atoms with Crippen molar-refractivity contribution in [1.29, 1.82) is 0 Å². The summed E-state index contributed by atoms with van der Waals surface area (Å²) >= 11 is 0. The van der Waals surface area contributed by atoms with Crippen LogP contribution < -0.4 is 5.32 Å². The van der Waals surface area contributed by atoms with Gasteiger partial charge in [0.1, 0.15) is 11.9 Å². The number of carbonyl (C=O) groups excluding carboxylic acids is 1. The second-order valence-corrected chi connectivity index (χ2v) is 5.13. The standard InChI is InChI=1S/C17H16N2O3/c20-14-8-6-12(7-9-14)16-10-15(22-19-16)11-17(21)18-13-4-2-1-3-5-13/h1-9,15,20H,10-11H2,(H,18,21). The molecule has 1 aliphatic rings. The molecule has 5 nitrogen and oxygen atoms in total. The number of rotatable bonds is 4. The van der Waals surface area contributed by atoms with E-state index in [0.29, 0.717) is 6.42 Å². The van der Waals surface area contributed by atoms with Crippen LogP contribution in [-0.4, -0.2) is 22.8 Å². The Morgan fingerprint density at radius 3 is 2.64 bits per heavy atom. The smallest absolute Gasteiger partial charge is 0.228 e. The molecular formula is C17H16N2O3. The van der Waals surface area contributed by atoms with E-state index in [-0.39, 0.29) is 24.2 Å². The van der Waals surface area contributed by atoms with Gasteiger partial charge in [-0.25, -0.2) is 0 Å². The maximum absolute atomic E-state index is 12.0. The van der Waals surface area contributed by atoms with E-state index in [1.165, 1.54) is 0 Å². The Morgan fingerprint density at radius 2 is 1.91 bits per heavy atom. The fourth-order valence-electron chi connectivity index (χ4n) is 2.30. The summed E-state index contributed by atoms with van der Waals surface area (Å²) in [5.74, 6) is 0.111. The van der Waals surface area contributed by atoms with Crippen LogP contribution in [0.2, 0.25) is 0 Å². The van der Waals surface area contributed by atoms with Gasteiger partial charge in [0.15, 0.2) is 0 Å². The summed E-state index contributed by atoms with van der Waals surface area (Å²) < 4.78 is 0. The minimum Gasteiger partial charge on any atom is -0.508 e. The van der Waals surface area contributed by atoms with Gasteiger partial charge in [0.25, 0.3) is 0 Å². The fourth-order valence-corrected chi connectivity index (χ4v) is 2.30. The molecule has 1 heterocycles. The topological polar surface area (TPSA) is 70.9 Å². The van der Waals surface area contributed by atoms with Crippen LogP contribution in [0.25, 0.3) is 0 Å². The van der Waals surface area contributed by atoms with Crippen molar-refractivity contribution in [2.45, 2.75) is 18.9 Å². The van der Waals surface area contributed by atoms with Gasteiger partial charge in [-0.1, -0.05) is 23.4 Å². The number of oxime groups is 1. The van der Waals surface area contributed by atoms with Crippen LogP contribution in [0, 0.1) is 0 Å². The first-order valence-electron chi connectivity index (χ1n) is 7.08. The number of phenols is 1. The van der Waals surface area contributed by atoms with Gasteiger partial charge in [-0.2, -0.15) is 0 Å². The van der Waals surface area contributed by atoms with E-state index in [0.717, 1.165) is 17.0 Å². The van der Waals surface area contributed by atoms with Gasteiger partial charge in [-0.3, -0.25) is 4.79 Å². The first-order chi connectivity index (χ1) is 10.7. The number of hydrogen-bond donors (Lipinski definition) is 2. The molecule has 2 aromatic carbocycles. The first kappa shape index (κ1) is 14.1. The summed E-state index contributed by atoms with van der Waals surface area (Å²) in [7, 11) is 0. The summed E-state index contributed by atoms with van der Waals surface area (Å²) in [5, 5.41) is 16.1. The molecule has 0 fully saturated rings. The molecule has 0 spiro atoms. The Kier molecular flexibility index (Phi) is 4.05. The third-order valence-electron chi connectivity index (χ3n) is 3.40. The number of nitrogens with one attached hydrogen (secondary N) is 1. The quantitative estimate of drug-likeness (QED) is 0.911. The Hall–Kier alpha value is -2.82. The van der Waals surface area contributed by atoms with Gasteiger partial charge in [0.2, 0.25) is 5.91 Å². The average Bonchev–Trinajstić information content (AvgIpc) is 2.97. The van der Waals surface area contributed by atoms with Gasteiger partial charge in [0, 0.05) is 12.1 Å². The lowest BCUT2D eigenvalue weighted by Crippen LogP contribution is -2.20. The monoisotopic (exact) mass is 296 g/mol. The van der Waals surface area contributed by atoms with E-state index in [2.05, 4.69) is 10.5 Å². The van der Waals surface area contributed by atoms with Gasteiger partial charge < -0.3 is 15.3 Å². The van der Waals surface area contributed by atoms with E-state index < -0.39 is 0 Å². The minimum absolute atomic E-state index is 0.0987. The summed E-state index contributed by atoms with van der Waals surface area (Å²) in [6.07, 6.45) is 0.569. The number of para-hydroxylation sites is 1. The zero-order valence-corrected chi connectivity index (χ0v) is 11.9. The highest BCUT2D eigenvalue weighted by Gasteiger charge is 2.24. The molecule has 112 valence electrons. The van der Waals surface area contributed by atoms with E-state index in [9.17, 15) is 9.90 Å². The predicted molar refractivity (Wildman–Crippen MR) is 83.8 cm³/mol. The molecule has 0 aliphatic carbocycles. The van der Waals surface area contributed by atoms with Crippen molar-refractivity contribution in [2.75, 3.05) is 5.32 Å². The lowest BCUT2D eigenvalue weighted by Gasteiger charge is -2.08. The lowest BCUT2D eigenvalue weighted by atomic mass is 10.0. The van der Waals surface area contributed by atoms with Gasteiger partial charge in [-0.05, 0) is 42.0 Å². The molecule has 1 unspecified atom stereocenters. The van der Waals surface area contributed by atoms with Gasteiger partial charge in [0.05, 0.1) is 12.1 Å². The maximum Gasteiger partial charge on any atom is 0.228 e. The molecule has 3 rings (SSSR count). The van der Waals surface area contributed by atoms with E-state index >= 15 is 0 Å².